The van der Waals surface area contributed by atoms with Gasteiger partial charge in [-0.3, -0.25) is 9.59 Å². The topological polar surface area (TPSA) is 43.4 Å². The van der Waals surface area contributed by atoms with E-state index in [4.69, 9.17) is 4.74 Å². The van der Waals surface area contributed by atoms with Crippen LogP contribution in [0.2, 0.25) is 0 Å². The van der Waals surface area contributed by atoms with Crippen molar-refractivity contribution in [2.45, 2.75) is 77.7 Å². The molecule has 0 N–H and O–H groups in total. The van der Waals surface area contributed by atoms with Gasteiger partial charge < -0.3 is 4.74 Å². The van der Waals surface area contributed by atoms with E-state index in [1.807, 2.05) is 6.08 Å². The third-order valence-electron chi connectivity index (χ3n) is 9.66. The summed E-state index contributed by atoms with van der Waals surface area (Å²) in [4.78, 5) is 24.0. The van der Waals surface area contributed by atoms with Crippen molar-refractivity contribution in [3.63, 3.8) is 0 Å². The third kappa shape index (κ3) is 1.75. The minimum atomic E-state index is -0.219. The molecule has 0 aromatic rings. The van der Waals surface area contributed by atoms with E-state index < -0.39 is 0 Å². The molecule has 4 aliphatic carbocycles. The van der Waals surface area contributed by atoms with Gasteiger partial charge in [-0.25, -0.2) is 0 Å². The number of esters is 1. The Hall–Kier alpha value is -1.38. The Labute approximate surface area is 156 Å². The summed E-state index contributed by atoms with van der Waals surface area (Å²) in [5.41, 5.74) is 1.39. The first-order valence-electron chi connectivity index (χ1n) is 10.4. The molecule has 3 nitrogen and oxygen atoms in total. The van der Waals surface area contributed by atoms with Crippen LogP contribution >= 0.6 is 0 Å². The van der Waals surface area contributed by atoms with Crippen LogP contribution in [-0.2, 0) is 14.3 Å². The fourth-order valence-corrected chi connectivity index (χ4v) is 7.62. The van der Waals surface area contributed by atoms with Gasteiger partial charge in [0, 0.05) is 18.3 Å². The molecule has 0 amide bonds. The van der Waals surface area contributed by atoms with Crippen molar-refractivity contribution in [1.82, 2.24) is 0 Å². The minimum Gasteiger partial charge on any atom is -0.458 e. The largest absolute Gasteiger partial charge is 0.458 e. The first kappa shape index (κ1) is 16.8. The van der Waals surface area contributed by atoms with Gasteiger partial charge in [-0.15, -0.1) is 0 Å². The van der Waals surface area contributed by atoms with Gasteiger partial charge in [0.25, 0.3) is 0 Å². The van der Waals surface area contributed by atoms with Crippen LogP contribution in [0, 0.1) is 28.1 Å². The molecule has 5 aliphatic rings. The van der Waals surface area contributed by atoms with E-state index >= 15 is 0 Å². The molecule has 6 atom stereocenters. The number of hydrogen-bond donors (Lipinski definition) is 0. The van der Waals surface area contributed by atoms with Crippen LogP contribution in [0.1, 0.15) is 72.1 Å². The van der Waals surface area contributed by atoms with Gasteiger partial charge >= 0.3 is 5.97 Å². The van der Waals surface area contributed by atoms with Crippen LogP contribution < -0.4 is 0 Å². The number of ketones is 1. The highest BCUT2D eigenvalue weighted by Crippen LogP contribution is 2.72. The van der Waals surface area contributed by atoms with Crippen molar-refractivity contribution >= 4 is 11.8 Å². The maximum absolute atomic E-state index is 12.0. The van der Waals surface area contributed by atoms with Crippen molar-refractivity contribution in [3.8, 4) is 0 Å². The smallest absolute Gasteiger partial charge is 0.306 e. The molecule has 26 heavy (non-hydrogen) atoms. The van der Waals surface area contributed by atoms with Crippen LogP contribution in [0.5, 0.6) is 0 Å². The van der Waals surface area contributed by atoms with E-state index in [1.165, 1.54) is 5.57 Å². The number of fused-ring (bicyclic) bond motifs is 6. The molecular formula is C23H30O3. The van der Waals surface area contributed by atoms with Gasteiger partial charge in [-0.05, 0) is 72.8 Å². The third-order valence-corrected chi connectivity index (χ3v) is 9.66. The Morgan fingerprint density at radius 3 is 2.46 bits per heavy atom. The maximum atomic E-state index is 12.0. The molecule has 140 valence electrons. The van der Waals surface area contributed by atoms with Crippen LogP contribution in [0.15, 0.2) is 23.8 Å². The van der Waals surface area contributed by atoms with Crippen molar-refractivity contribution in [3.05, 3.63) is 23.8 Å². The summed E-state index contributed by atoms with van der Waals surface area (Å²) in [6.45, 7) is 7.26. The number of carbonyl (C=O) groups is 2. The average Bonchev–Trinajstić information content (AvgIpc) is 3.11. The highest BCUT2D eigenvalue weighted by atomic mass is 16.6. The van der Waals surface area contributed by atoms with E-state index in [1.54, 1.807) is 0 Å². The Morgan fingerprint density at radius 1 is 0.962 bits per heavy atom. The second kappa shape index (κ2) is 4.91. The number of hydrogen-bond acceptors (Lipinski definition) is 3. The lowest BCUT2D eigenvalue weighted by molar-refractivity contribution is -0.171. The molecule has 1 spiro atoms. The quantitative estimate of drug-likeness (QED) is 0.589. The molecule has 0 radical (unpaired) electrons. The zero-order valence-corrected chi connectivity index (χ0v) is 16.3. The zero-order chi connectivity index (χ0) is 18.4. The van der Waals surface area contributed by atoms with Gasteiger partial charge in [0.2, 0.25) is 0 Å². The fourth-order valence-electron chi connectivity index (χ4n) is 7.62. The van der Waals surface area contributed by atoms with Crippen LogP contribution in [0.25, 0.3) is 0 Å². The van der Waals surface area contributed by atoms with E-state index in [2.05, 4.69) is 32.9 Å². The van der Waals surface area contributed by atoms with Crippen LogP contribution in [0.3, 0.4) is 0 Å². The second-order valence-corrected chi connectivity index (χ2v) is 10.2. The molecule has 1 saturated heterocycles. The van der Waals surface area contributed by atoms with E-state index in [9.17, 15) is 9.59 Å². The minimum absolute atomic E-state index is 0.00220. The lowest BCUT2D eigenvalue weighted by atomic mass is 9.41. The first-order valence-corrected chi connectivity index (χ1v) is 10.4. The summed E-state index contributed by atoms with van der Waals surface area (Å²) in [5, 5.41) is 0. The van der Waals surface area contributed by atoms with Crippen molar-refractivity contribution < 1.29 is 14.3 Å². The van der Waals surface area contributed by atoms with Gasteiger partial charge in [0.15, 0.2) is 5.78 Å². The normalized spacial score (nSPS) is 52.3. The van der Waals surface area contributed by atoms with E-state index in [0.29, 0.717) is 24.7 Å². The highest BCUT2D eigenvalue weighted by Gasteiger charge is 2.69. The Morgan fingerprint density at radius 2 is 1.73 bits per heavy atom. The number of carbonyl (C=O) groups excluding carboxylic acids is 2. The molecular weight excluding hydrogens is 324 g/mol. The molecule has 5 unspecified atom stereocenters. The molecule has 3 heteroatoms. The number of ether oxygens (including phenoxy) is 1. The summed E-state index contributed by atoms with van der Waals surface area (Å²) < 4.78 is 6.02. The SMILES string of the molecule is CC12CCC(=O)C=C1C=CC1C3CC[C@@]4(CCC(=O)O4)C3(C)CCC12C. The Balaban J connectivity index is 1.58. The van der Waals surface area contributed by atoms with Gasteiger partial charge in [0.05, 0.1) is 0 Å². The van der Waals surface area contributed by atoms with Gasteiger partial charge in [-0.1, -0.05) is 32.9 Å². The highest BCUT2D eigenvalue weighted by molar-refractivity contribution is 5.92. The van der Waals surface area contributed by atoms with Gasteiger partial charge in [0.1, 0.15) is 5.60 Å². The molecule has 3 fully saturated rings. The predicted octanol–water partition coefficient (Wildman–Crippen LogP) is 4.76. The van der Waals surface area contributed by atoms with Crippen molar-refractivity contribution in [1.29, 1.82) is 0 Å². The summed E-state index contributed by atoms with van der Waals surface area (Å²) in [6, 6.07) is 0. The molecule has 0 aromatic heterocycles. The predicted molar refractivity (Wildman–Crippen MR) is 99.3 cm³/mol. The summed E-state index contributed by atoms with van der Waals surface area (Å²) in [5.74, 6) is 1.36. The monoisotopic (exact) mass is 354 g/mol. The molecule has 1 aliphatic heterocycles. The first-order chi connectivity index (χ1) is 12.2. The van der Waals surface area contributed by atoms with Crippen molar-refractivity contribution in [2.24, 2.45) is 28.1 Å². The lowest BCUT2D eigenvalue weighted by Gasteiger charge is -2.63. The van der Waals surface area contributed by atoms with Crippen LogP contribution in [0.4, 0.5) is 0 Å². The zero-order valence-electron chi connectivity index (χ0n) is 16.3. The Kier molecular flexibility index (Phi) is 3.17. The summed E-state index contributed by atoms with van der Waals surface area (Å²) in [6.07, 6.45) is 14.2. The molecule has 5 rings (SSSR count). The molecule has 0 bridgehead atoms. The Bertz CT molecular complexity index is 763. The van der Waals surface area contributed by atoms with Crippen LogP contribution in [-0.4, -0.2) is 17.4 Å². The second-order valence-electron chi connectivity index (χ2n) is 10.2. The summed E-state index contributed by atoms with van der Waals surface area (Å²) >= 11 is 0. The lowest BCUT2D eigenvalue weighted by Crippen LogP contribution is -2.58. The summed E-state index contributed by atoms with van der Waals surface area (Å²) in [7, 11) is 0. The molecule has 1 heterocycles. The number of rotatable bonds is 0. The van der Waals surface area contributed by atoms with E-state index in [0.717, 1.165) is 38.5 Å². The molecule has 0 aromatic carbocycles. The van der Waals surface area contributed by atoms with Crippen molar-refractivity contribution in [2.75, 3.05) is 0 Å². The average molecular weight is 354 g/mol. The fraction of sp³-hybridized carbons (Fsp3) is 0.739. The van der Waals surface area contributed by atoms with Gasteiger partial charge in [-0.2, -0.15) is 0 Å². The van der Waals surface area contributed by atoms with E-state index in [-0.39, 0.29) is 33.6 Å². The standard InChI is InChI=1S/C23H30O3/c1-20-9-6-16(24)14-15(20)4-5-17-18-7-10-23(11-8-19(25)26-23)22(18,3)13-12-21(17,20)2/h4-5,14,17-18H,6-13H2,1-3H3/t17?,18?,20?,21?,22?,23-/m1/s1. The maximum Gasteiger partial charge on any atom is 0.306 e. The number of allylic oxidation sites excluding steroid dienone is 4. The molecule has 2 saturated carbocycles.